The Morgan fingerprint density at radius 3 is 2.03 bits per heavy atom. The Morgan fingerprint density at radius 2 is 1.21 bits per heavy atom. The standard InChI is InChI=1S/C67H56BN3OS/c1-41-36-56-64-57(37-41)70(53-22-16-25-59-62(53)46-20-10-12-24-58(46)72-59)55-40-45(71-51-33-29-44(65(2,3)4)39-48(51)66(5)34-14-15-35-67(66,71)6)30-31-49(55)68(64)50-38-43(42-18-8-7-9-19-42)28-32-52(50)69(56)54-23-17-27-61-63(54)47-21-11-13-26-60(47)73-61/h7-13,16-33,36-40H,14-15,34-35H2,1-6H3. The highest BCUT2D eigenvalue weighted by atomic mass is 32.1. The minimum Gasteiger partial charge on any atom is -0.456 e. The van der Waals surface area contributed by atoms with Crippen LogP contribution >= 0.6 is 11.3 Å². The number of benzene rings is 9. The third kappa shape index (κ3) is 5.96. The molecule has 15 rings (SSSR count). The average molecular weight is 962 g/mol. The minimum atomic E-state index is -0.115. The fourth-order valence-corrected chi connectivity index (χ4v) is 15.2. The second kappa shape index (κ2) is 15.3. The molecular formula is C67H56BN3OS. The molecule has 9 aromatic carbocycles. The maximum atomic E-state index is 6.72. The van der Waals surface area contributed by atoms with Gasteiger partial charge in [-0.25, -0.2) is 0 Å². The van der Waals surface area contributed by atoms with E-state index in [0.29, 0.717) is 0 Å². The Morgan fingerprint density at radius 1 is 0.521 bits per heavy atom. The third-order valence-corrected chi connectivity index (χ3v) is 18.9. The lowest BCUT2D eigenvalue weighted by atomic mass is 9.33. The summed E-state index contributed by atoms with van der Waals surface area (Å²) in [6.45, 7) is 14.4. The van der Waals surface area contributed by atoms with Gasteiger partial charge in [-0.15, -0.1) is 11.3 Å². The van der Waals surface area contributed by atoms with Gasteiger partial charge >= 0.3 is 0 Å². The van der Waals surface area contributed by atoms with Crippen molar-refractivity contribution in [2.45, 2.75) is 83.6 Å². The van der Waals surface area contributed by atoms with Gasteiger partial charge in [-0.1, -0.05) is 150 Å². The molecule has 4 aliphatic rings. The van der Waals surface area contributed by atoms with Gasteiger partial charge in [-0.05, 0) is 149 Å². The summed E-state index contributed by atoms with van der Waals surface area (Å²) >= 11 is 1.88. The molecule has 2 atom stereocenters. The lowest BCUT2D eigenvalue weighted by Gasteiger charge is -2.50. The molecule has 2 aromatic heterocycles. The van der Waals surface area contributed by atoms with Crippen LogP contribution in [0.1, 0.15) is 77.0 Å². The van der Waals surface area contributed by atoms with Crippen LogP contribution in [0.2, 0.25) is 0 Å². The second-order valence-electron chi connectivity index (χ2n) is 22.8. The number of aryl methyl sites for hydroxylation is 1. The van der Waals surface area contributed by atoms with E-state index in [0.717, 1.165) is 34.0 Å². The number of thiophene rings is 1. The molecule has 3 aliphatic heterocycles. The molecule has 73 heavy (non-hydrogen) atoms. The van der Waals surface area contributed by atoms with Crippen molar-refractivity contribution in [1.82, 2.24) is 0 Å². The van der Waals surface area contributed by atoms with Crippen LogP contribution in [0, 0.1) is 6.92 Å². The predicted molar refractivity (Wildman–Crippen MR) is 312 cm³/mol. The van der Waals surface area contributed by atoms with E-state index in [1.807, 2.05) is 11.3 Å². The van der Waals surface area contributed by atoms with Crippen LogP contribution in [0.5, 0.6) is 0 Å². The Labute approximate surface area is 432 Å². The maximum absolute atomic E-state index is 6.72. The first-order valence-corrected chi connectivity index (χ1v) is 27.1. The topological polar surface area (TPSA) is 22.9 Å². The Hall–Kier alpha value is -7.54. The lowest BCUT2D eigenvalue weighted by molar-refractivity contribution is 0.195. The van der Waals surface area contributed by atoms with E-state index in [2.05, 4.69) is 238 Å². The first-order valence-electron chi connectivity index (χ1n) is 26.3. The summed E-state index contributed by atoms with van der Waals surface area (Å²) in [7, 11) is 0. The zero-order chi connectivity index (χ0) is 49.1. The number of nitrogens with zero attached hydrogens (tertiary/aromatic N) is 3. The summed E-state index contributed by atoms with van der Waals surface area (Å²) in [6.07, 6.45) is 4.78. The molecule has 0 saturated heterocycles. The van der Waals surface area contributed by atoms with E-state index in [4.69, 9.17) is 4.42 Å². The summed E-state index contributed by atoms with van der Waals surface area (Å²) in [5, 5.41) is 4.85. The van der Waals surface area contributed by atoms with Gasteiger partial charge in [-0.2, -0.15) is 0 Å². The van der Waals surface area contributed by atoms with Crippen LogP contribution in [0.4, 0.5) is 45.5 Å². The number of para-hydroxylation sites is 1. The van der Waals surface area contributed by atoms with Crippen molar-refractivity contribution < 1.29 is 4.42 Å². The van der Waals surface area contributed by atoms with Gasteiger partial charge < -0.3 is 19.1 Å². The number of fused-ring (bicyclic) bond motifs is 13. The van der Waals surface area contributed by atoms with Crippen LogP contribution in [0.15, 0.2) is 186 Å². The number of anilines is 8. The molecule has 11 aromatic rings. The quantitative estimate of drug-likeness (QED) is 0.164. The average Bonchev–Trinajstić information content (AvgIpc) is 4.04. The molecule has 0 bridgehead atoms. The van der Waals surface area contributed by atoms with E-state index in [1.54, 1.807) is 0 Å². The fraction of sp³-hybridized carbons (Fsp3) is 0.194. The normalized spacial score (nSPS) is 18.9. The SMILES string of the molecule is Cc1cc2c3c(c1)N(c1cccc4sc5ccccc5c14)c1ccc(-c4ccccc4)cc1B3c1ccc(N3c4ccc(C(C)(C)C)cc4C4(C)CCCCC34C)cc1N2c1cccc2oc3ccccc3c12. The zero-order valence-electron chi connectivity index (χ0n) is 42.4. The molecule has 0 N–H and O–H groups in total. The second-order valence-corrected chi connectivity index (χ2v) is 23.9. The van der Waals surface area contributed by atoms with Crippen molar-refractivity contribution >= 4 is 122 Å². The number of hydrogen-bond acceptors (Lipinski definition) is 5. The largest absolute Gasteiger partial charge is 0.456 e. The molecule has 0 amide bonds. The van der Waals surface area contributed by atoms with E-state index in [1.165, 1.54) is 123 Å². The number of furan rings is 1. The van der Waals surface area contributed by atoms with Gasteiger partial charge in [0.1, 0.15) is 11.2 Å². The summed E-state index contributed by atoms with van der Waals surface area (Å²) in [5.74, 6) is 0. The number of rotatable bonds is 4. The minimum absolute atomic E-state index is 0.00636. The summed E-state index contributed by atoms with van der Waals surface area (Å²) < 4.78 is 9.33. The van der Waals surface area contributed by atoms with Gasteiger partial charge in [0.15, 0.2) is 0 Å². The Kier molecular flexibility index (Phi) is 9.00. The van der Waals surface area contributed by atoms with Gasteiger partial charge in [0.2, 0.25) is 0 Å². The Bertz CT molecular complexity index is 4130. The van der Waals surface area contributed by atoms with Crippen LogP contribution in [-0.2, 0) is 10.8 Å². The van der Waals surface area contributed by atoms with Gasteiger partial charge in [-0.3, -0.25) is 0 Å². The molecule has 1 fully saturated rings. The molecular weight excluding hydrogens is 906 g/mol. The maximum Gasteiger partial charge on any atom is 0.252 e. The molecule has 1 saturated carbocycles. The van der Waals surface area contributed by atoms with E-state index in [-0.39, 0.29) is 23.1 Å². The molecule has 6 heteroatoms. The highest BCUT2D eigenvalue weighted by molar-refractivity contribution is 7.26. The van der Waals surface area contributed by atoms with Crippen molar-refractivity contribution in [2.24, 2.45) is 0 Å². The van der Waals surface area contributed by atoms with Gasteiger partial charge in [0, 0.05) is 65.1 Å². The Balaban J connectivity index is 1.04. The first-order chi connectivity index (χ1) is 35.5. The van der Waals surface area contributed by atoms with Crippen LogP contribution < -0.4 is 31.1 Å². The van der Waals surface area contributed by atoms with E-state index in [9.17, 15) is 0 Å². The molecule has 4 nitrogen and oxygen atoms in total. The van der Waals surface area contributed by atoms with Crippen molar-refractivity contribution in [3.05, 3.63) is 199 Å². The van der Waals surface area contributed by atoms with Crippen molar-refractivity contribution in [2.75, 3.05) is 14.7 Å². The summed E-state index contributed by atoms with van der Waals surface area (Å²) in [6, 6.07) is 69.2. The molecule has 2 unspecified atom stereocenters. The van der Waals surface area contributed by atoms with E-state index < -0.39 is 0 Å². The smallest absolute Gasteiger partial charge is 0.252 e. The lowest BCUT2D eigenvalue weighted by Crippen LogP contribution is -2.61. The van der Waals surface area contributed by atoms with Crippen molar-refractivity contribution in [3.63, 3.8) is 0 Å². The van der Waals surface area contributed by atoms with Crippen LogP contribution in [-0.4, -0.2) is 12.3 Å². The van der Waals surface area contributed by atoms with Gasteiger partial charge in [0.05, 0.1) is 22.3 Å². The molecule has 0 spiro atoms. The third-order valence-electron chi connectivity index (χ3n) is 17.8. The molecule has 354 valence electrons. The highest BCUT2D eigenvalue weighted by Crippen LogP contribution is 2.62. The van der Waals surface area contributed by atoms with Crippen molar-refractivity contribution in [1.29, 1.82) is 0 Å². The summed E-state index contributed by atoms with van der Waals surface area (Å²) in [5.41, 5.74) is 22.0. The zero-order valence-corrected chi connectivity index (χ0v) is 43.2. The predicted octanol–water partition coefficient (Wildman–Crippen LogP) is 17.1. The van der Waals surface area contributed by atoms with Crippen molar-refractivity contribution in [3.8, 4) is 11.1 Å². The van der Waals surface area contributed by atoms with Gasteiger partial charge in [0.25, 0.3) is 6.71 Å². The first kappa shape index (κ1) is 43.1. The van der Waals surface area contributed by atoms with E-state index >= 15 is 0 Å². The molecule has 0 radical (unpaired) electrons. The molecule has 5 heterocycles. The summed E-state index contributed by atoms with van der Waals surface area (Å²) in [4.78, 5) is 8.00. The number of hydrogen-bond donors (Lipinski definition) is 0. The van der Waals surface area contributed by atoms with Crippen LogP contribution in [0.25, 0.3) is 53.2 Å². The fourth-order valence-electron chi connectivity index (χ4n) is 14.1. The van der Waals surface area contributed by atoms with Crippen LogP contribution in [0.3, 0.4) is 0 Å². The highest BCUT2D eigenvalue weighted by Gasteiger charge is 2.58. The molecule has 1 aliphatic carbocycles. The monoisotopic (exact) mass is 961 g/mol.